The zero-order valence-corrected chi connectivity index (χ0v) is 15.1. The van der Waals surface area contributed by atoms with Crippen molar-refractivity contribution in [2.45, 2.75) is 37.8 Å². The predicted octanol–water partition coefficient (Wildman–Crippen LogP) is 3.57. The average Bonchev–Trinajstić information content (AvgIpc) is 3.13. The smallest absolute Gasteiger partial charge is 0.346 e. The Morgan fingerprint density at radius 1 is 1.32 bits per heavy atom. The van der Waals surface area contributed by atoms with E-state index in [1.54, 1.807) is 18.3 Å². The number of piperidine rings is 1. The first-order valence-corrected chi connectivity index (χ1v) is 8.84. The molecule has 0 amide bonds. The van der Waals surface area contributed by atoms with Gasteiger partial charge in [0, 0.05) is 45.1 Å². The lowest BCUT2D eigenvalue weighted by Crippen LogP contribution is -2.48. The van der Waals surface area contributed by atoms with Crippen molar-refractivity contribution in [3.05, 3.63) is 18.6 Å². The number of hydrogen-bond donors (Lipinski definition) is 1. The van der Waals surface area contributed by atoms with E-state index in [-0.39, 0.29) is 6.54 Å². The lowest BCUT2D eigenvalue weighted by molar-refractivity contribution is -0.284. The van der Waals surface area contributed by atoms with Crippen LogP contribution in [0, 0.1) is 5.92 Å². The summed E-state index contributed by atoms with van der Waals surface area (Å²) in [4.78, 5) is 23.6. The van der Waals surface area contributed by atoms with Gasteiger partial charge in [0.05, 0.1) is 5.39 Å². The number of nitrogens with zero attached hydrogens (tertiary/aromatic N) is 4. The third-order valence-corrected chi connectivity index (χ3v) is 5.02. The van der Waals surface area contributed by atoms with Gasteiger partial charge in [0.2, 0.25) is 0 Å². The normalized spacial score (nSPS) is 19.1. The molecule has 3 rings (SSSR count). The van der Waals surface area contributed by atoms with E-state index in [4.69, 9.17) is 0 Å². The number of aromatic amines is 1. The van der Waals surface area contributed by atoms with E-state index in [1.165, 1.54) is 6.33 Å². The highest BCUT2D eigenvalue weighted by Gasteiger charge is 2.57. The summed E-state index contributed by atoms with van der Waals surface area (Å²) in [6.45, 7) is 0.859. The summed E-state index contributed by atoms with van der Waals surface area (Å²) in [6, 6.07) is 1.81. The van der Waals surface area contributed by atoms with Crippen molar-refractivity contribution in [3.63, 3.8) is 0 Å². The second kappa shape index (κ2) is 7.61. The van der Waals surface area contributed by atoms with E-state index >= 15 is 0 Å². The Labute approximate surface area is 157 Å². The Morgan fingerprint density at radius 3 is 2.79 bits per heavy atom. The molecule has 0 unspecified atom stereocenters. The molecule has 3 heterocycles. The molecule has 0 spiro atoms. The second-order valence-electron chi connectivity index (χ2n) is 6.88. The van der Waals surface area contributed by atoms with Gasteiger partial charge < -0.3 is 4.98 Å². The van der Waals surface area contributed by atoms with Gasteiger partial charge in [-0.05, 0) is 18.9 Å². The summed E-state index contributed by atoms with van der Waals surface area (Å²) in [5.74, 6) is -5.41. The van der Waals surface area contributed by atoms with Gasteiger partial charge in [-0.1, -0.05) is 0 Å². The van der Waals surface area contributed by atoms with Crippen LogP contribution >= 0.6 is 0 Å². The van der Waals surface area contributed by atoms with Crippen LogP contribution in [0.4, 0.5) is 27.8 Å². The molecule has 0 saturated carbocycles. The number of aromatic nitrogens is 3. The summed E-state index contributed by atoms with van der Waals surface area (Å²) >= 11 is 0. The van der Waals surface area contributed by atoms with Gasteiger partial charge in [0.25, 0.3) is 0 Å². The number of anilines is 1. The number of hydrogen-bond acceptors (Lipinski definition) is 5. The largest absolute Gasteiger partial charge is 0.453 e. The van der Waals surface area contributed by atoms with Crippen molar-refractivity contribution in [1.82, 2.24) is 20.0 Å². The Hall–Kier alpha value is -2.30. The molecule has 1 atom stereocenters. The quantitative estimate of drug-likeness (QED) is 0.745. The van der Waals surface area contributed by atoms with Crippen LogP contribution < -0.4 is 5.01 Å². The number of halogens is 5. The Kier molecular flexibility index (Phi) is 5.55. The van der Waals surface area contributed by atoms with Crippen LogP contribution in [0.25, 0.3) is 11.0 Å². The summed E-state index contributed by atoms with van der Waals surface area (Å²) in [5, 5.41) is 4.40. The molecule has 0 aromatic carbocycles. The standard InChI is InChI=1S/C17H20F5N5O/c1-26(15-12-5-7-23-14(12)24-10-25-15)27-8-2-3-11(9-27)13(28)4-6-16(18,19)17(20,21)22/h5,7,10-11H,2-4,6,8-9H2,1H3,(H,23,24,25)/t11-/m1/s1. The number of rotatable bonds is 6. The molecule has 0 bridgehead atoms. The lowest BCUT2D eigenvalue weighted by Gasteiger charge is -2.38. The highest BCUT2D eigenvalue weighted by atomic mass is 19.4. The molecule has 2 aromatic rings. The predicted molar refractivity (Wildman–Crippen MR) is 91.8 cm³/mol. The van der Waals surface area contributed by atoms with E-state index in [0.29, 0.717) is 30.9 Å². The fourth-order valence-electron chi connectivity index (χ4n) is 3.37. The molecule has 154 valence electrons. The summed E-state index contributed by atoms with van der Waals surface area (Å²) in [6.07, 6.45) is -3.75. The number of fused-ring (bicyclic) bond motifs is 1. The number of H-pyrrole nitrogens is 1. The number of nitrogens with one attached hydrogen (secondary N) is 1. The first kappa shape index (κ1) is 20.4. The highest BCUT2D eigenvalue weighted by Crippen LogP contribution is 2.39. The molecule has 1 N–H and O–H groups in total. The van der Waals surface area contributed by atoms with Gasteiger partial charge in [-0.25, -0.2) is 15.0 Å². The number of Topliss-reactive ketones (excluding diaryl/α,β-unsaturated/α-hetero) is 1. The van der Waals surface area contributed by atoms with Crippen LogP contribution in [-0.2, 0) is 4.79 Å². The molecule has 11 heteroatoms. The van der Waals surface area contributed by atoms with Gasteiger partial charge in [0.15, 0.2) is 5.82 Å². The first-order valence-electron chi connectivity index (χ1n) is 8.84. The molecule has 6 nitrogen and oxygen atoms in total. The third kappa shape index (κ3) is 4.08. The van der Waals surface area contributed by atoms with Crippen LogP contribution in [0.15, 0.2) is 18.6 Å². The summed E-state index contributed by atoms with van der Waals surface area (Å²) in [5.41, 5.74) is 0.649. The maximum absolute atomic E-state index is 13.1. The zero-order chi connectivity index (χ0) is 20.5. The van der Waals surface area contributed by atoms with Crippen molar-refractivity contribution in [2.24, 2.45) is 5.92 Å². The molecule has 0 radical (unpaired) electrons. The third-order valence-electron chi connectivity index (χ3n) is 5.02. The van der Waals surface area contributed by atoms with Crippen LogP contribution in [0.2, 0.25) is 0 Å². The monoisotopic (exact) mass is 405 g/mol. The Bertz CT molecular complexity index is 837. The SMILES string of the molecule is CN(c1ncnc2[nH]ccc12)N1CCC[C@@H](C(=O)CCC(F)(F)C(F)(F)F)C1. The van der Waals surface area contributed by atoms with E-state index in [2.05, 4.69) is 15.0 Å². The lowest BCUT2D eigenvalue weighted by atomic mass is 9.91. The van der Waals surface area contributed by atoms with Crippen LogP contribution in [-0.4, -0.2) is 58.0 Å². The van der Waals surface area contributed by atoms with Gasteiger partial charge in [-0.3, -0.25) is 9.80 Å². The number of ketones is 1. The summed E-state index contributed by atoms with van der Waals surface area (Å²) in [7, 11) is 1.76. The highest BCUT2D eigenvalue weighted by molar-refractivity contribution is 5.87. The number of carbonyl (C=O) groups is 1. The molecular weight excluding hydrogens is 385 g/mol. The van der Waals surface area contributed by atoms with Crippen molar-refractivity contribution >= 4 is 22.6 Å². The average molecular weight is 405 g/mol. The number of alkyl halides is 5. The fraction of sp³-hybridized carbons (Fsp3) is 0.588. The molecule has 0 aliphatic carbocycles. The van der Waals surface area contributed by atoms with Gasteiger partial charge in [0.1, 0.15) is 17.8 Å². The van der Waals surface area contributed by atoms with Crippen LogP contribution in [0.1, 0.15) is 25.7 Å². The first-order chi connectivity index (χ1) is 13.1. The van der Waals surface area contributed by atoms with Crippen LogP contribution in [0.5, 0.6) is 0 Å². The zero-order valence-electron chi connectivity index (χ0n) is 15.1. The van der Waals surface area contributed by atoms with Crippen molar-refractivity contribution < 1.29 is 26.7 Å². The molecule has 1 saturated heterocycles. The minimum absolute atomic E-state index is 0.239. The minimum Gasteiger partial charge on any atom is -0.346 e. The van der Waals surface area contributed by atoms with Crippen LogP contribution in [0.3, 0.4) is 0 Å². The minimum atomic E-state index is -5.64. The van der Waals surface area contributed by atoms with E-state index in [1.807, 2.05) is 11.1 Å². The van der Waals surface area contributed by atoms with E-state index in [9.17, 15) is 26.7 Å². The topological polar surface area (TPSA) is 65.1 Å². The van der Waals surface area contributed by atoms with Gasteiger partial charge in [-0.15, -0.1) is 0 Å². The van der Waals surface area contributed by atoms with Gasteiger partial charge >= 0.3 is 12.1 Å². The second-order valence-corrected chi connectivity index (χ2v) is 6.88. The summed E-state index contributed by atoms with van der Waals surface area (Å²) < 4.78 is 63.1. The molecule has 1 aliphatic heterocycles. The van der Waals surface area contributed by atoms with Crippen molar-refractivity contribution in [1.29, 1.82) is 0 Å². The van der Waals surface area contributed by atoms with Crippen molar-refractivity contribution in [2.75, 3.05) is 25.1 Å². The molecule has 2 aromatic heterocycles. The maximum Gasteiger partial charge on any atom is 0.453 e. The van der Waals surface area contributed by atoms with Gasteiger partial charge in [-0.2, -0.15) is 22.0 Å². The maximum atomic E-state index is 13.1. The number of carbonyl (C=O) groups excluding carboxylic acids is 1. The molecule has 28 heavy (non-hydrogen) atoms. The fourth-order valence-corrected chi connectivity index (χ4v) is 3.37. The molecule has 1 aliphatic rings. The van der Waals surface area contributed by atoms with E-state index in [0.717, 1.165) is 5.39 Å². The number of hydrazine groups is 1. The van der Waals surface area contributed by atoms with E-state index < -0.39 is 36.6 Å². The molecular formula is C17H20F5N5O. The molecule has 1 fully saturated rings. The Balaban J connectivity index is 1.65. The Morgan fingerprint density at radius 2 is 2.07 bits per heavy atom. The van der Waals surface area contributed by atoms with Crippen molar-refractivity contribution in [3.8, 4) is 0 Å².